The zero-order chi connectivity index (χ0) is 10.8. The molecule has 0 amide bonds. The fourth-order valence-electron chi connectivity index (χ4n) is 1.74. The minimum absolute atomic E-state index is 0.00546. The van der Waals surface area contributed by atoms with E-state index >= 15 is 0 Å². The molecule has 0 aromatic heterocycles. The maximum absolute atomic E-state index is 11.9. The molecule has 80 valence electrons. The van der Waals surface area contributed by atoms with Gasteiger partial charge in [-0.2, -0.15) is 0 Å². The van der Waals surface area contributed by atoms with Crippen LogP contribution in [0.5, 0.6) is 11.5 Å². The predicted molar refractivity (Wildman–Crippen MR) is 56.6 cm³/mol. The van der Waals surface area contributed by atoms with E-state index in [9.17, 15) is 4.79 Å². The van der Waals surface area contributed by atoms with Crippen LogP contribution < -0.4 is 9.47 Å². The Labute approximate surface area is 89.0 Å². The number of ether oxygens (including phenoxy) is 2. The molecule has 1 aromatic rings. The van der Waals surface area contributed by atoms with Crippen LogP contribution in [-0.2, 0) is 0 Å². The van der Waals surface area contributed by atoms with E-state index in [0.717, 1.165) is 12.2 Å². The quantitative estimate of drug-likeness (QED) is 0.744. The standard InChI is InChI=1S/C12H14O3/c1-3-8-7-15-11-6-9(14-2)4-5-10(11)12(8)13/h4-6,8H,3,7H2,1-2H3/t8-/m1/s1. The number of ketones is 1. The number of carbonyl (C=O) groups is 1. The fourth-order valence-corrected chi connectivity index (χ4v) is 1.74. The van der Waals surface area contributed by atoms with Crippen molar-refractivity contribution in [3.63, 3.8) is 0 Å². The van der Waals surface area contributed by atoms with E-state index in [4.69, 9.17) is 9.47 Å². The molecule has 2 rings (SSSR count). The number of fused-ring (bicyclic) bond motifs is 1. The molecule has 0 radical (unpaired) electrons. The van der Waals surface area contributed by atoms with Crippen LogP contribution in [-0.4, -0.2) is 19.5 Å². The first kappa shape index (κ1) is 10.0. The Kier molecular flexibility index (Phi) is 2.62. The highest BCUT2D eigenvalue weighted by Gasteiger charge is 2.27. The Hall–Kier alpha value is -1.51. The molecule has 0 N–H and O–H groups in total. The van der Waals surface area contributed by atoms with Crippen molar-refractivity contribution in [3.8, 4) is 11.5 Å². The molecule has 0 unspecified atom stereocenters. The number of rotatable bonds is 2. The molecule has 0 bridgehead atoms. The Bertz CT molecular complexity index is 384. The molecular formula is C12H14O3. The van der Waals surface area contributed by atoms with Gasteiger partial charge >= 0.3 is 0 Å². The largest absolute Gasteiger partial charge is 0.497 e. The zero-order valence-corrected chi connectivity index (χ0v) is 8.95. The van der Waals surface area contributed by atoms with Gasteiger partial charge in [0.1, 0.15) is 11.5 Å². The van der Waals surface area contributed by atoms with Crippen LogP contribution in [0.3, 0.4) is 0 Å². The van der Waals surface area contributed by atoms with Crippen molar-refractivity contribution in [1.29, 1.82) is 0 Å². The van der Waals surface area contributed by atoms with Gasteiger partial charge in [-0.3, -0.25) is 4.79 Å². The lowest BCUT2D eigenvalue weighted by Crippen LogP contribution is -2.27. The van der Waals surface area contributed by atoms with E-state index < -0.39 is 0 Å². The number of hydrogen-bond acceptors (Lipinski definition) is 3. The minimum atomic E-state index is 0.00546. The molecular weight excluding hydrogens is 192 g/mol. The minimum Gasteiger partial charge on any atom is -0.497 e. The smallest absolute Gasteiger partial charge is 0.173 e. The first-order valence-corrected chi connectivity index (χ1v) is 5.11. The average molecular weight is 206 g/mol. The summed E-state index contributed by atoms with van der Waals surface area (Å²) >= 11 is 0. The highest BCUT2D eigenvalue weighted by Crippen LogP contribution is 2.31. The topological polar surface area (TPSA) is 35.5 Å². The van der Waals surface area contributed by atoms with E-state index in [1.54, 1.807) is 25.3 Å². The Morgan fingerprint density at radius 2 is 2.33 bits per heavy atom. The van der Waals surface area contributed by atoms with Crippen LogP contribution in [0.15, 0.2) is 18.2 Å². The van der Waals surface area contributed by atoms with Crippen molar-refractivity contribution in [2.75, 3.05) is 13.7 Å². The monoisotopic (exact) mass is 206 g/mol. The maximum atomic E-state index is 11.9. The summed E-state index contributed by atoms with van der Waals surface area (Å²) in [6.07, 6.45) is 0.824. The highest BCUT2D eigenvalue weighted by atomic mass is 16.5. The van der Waals surface area contributed by atoms with Crippen molar-refractivity contribution in [2.24, 2.45) is 5.92 Å². The molecule has 1 aromatic carbocycles. The van der Waals surface area contributed by atoms with E-state index in [-0.39, 0.29) is 11.7 Å². The second-order valence-electron chi connectivity index (χ2n) is 3.64. The highest BCUT2D eigenvalue weighted by molar-refractivity contribution is 6.01. The second-order valence-corrected chi connectivity index (χ2v) is 3.64. The lowest BCUT2D eigenvalue weighted by Gasteiger charge is -2.23. The fraction of sp³-hybridized carbons (Fsp3) is 0.417. The molecule has 0 spiro atoms. The SMILES string of the molecule is CC[C@@H]1COc2cc(OC)ccc2C1=O. The number of methoxy groups -OCH3 is 1. The normalized spacial score (nSPS) is 19.3. The van der Waals surface area contributed by atoms with Gasteiger partial charge in [-0.15, -0.1) is 0 Å². The summed E-state index contributed by atoms with van der Waals surface area (Å²) in [6, 6.07) is 5.33. The van der Waals surface area contributed by atoms with Crippen molar-refractivity contribution in [3.05, 3.63) is 23.8 Å². The summed E-state index contributed by atoms with van der Waals surface area (Å²) in [5, 5.41) is 0. The second kappa shape index (κ2) is 3.93. The van der Waals surface area contributed by atoms with Gasteiger partial charge in [0.05, 0.1) is 25.2 Å². The summed E-state index contributed by atoms with van der Waals surface area (Å²) < 4.78 is 10.6. The summed E-state index contributed by atoms with van der Waals surface area (Å²) in [5.74, 6) is 1.55. The summed E-state index contributed by atoms with van der Waals surface area (Å²) in [4.78, 5) is 11.9. The molecule has 1 atom stereocenters. The van der Waals surface area contributed by atoms with Gasteiger partial charge in [0.25, 0.3) is 0 Å². The molecule has 0 aliphatic carbocycles. The van der Waals surface area contributed by atoms with Crippen LogP contribution in [0.1, 0.15) is 23.7 Å². The molecule has 1 aliphatic heterocycles. The Balaban J connectivity index is 2.37. The van der Waals surface area contributed by atoms with E-state index in [1.807, 2.05) is 6.92 Å². The molecule has 1 heterocycles. The molecule has 3 nitrogen and oxygen atoms in total. The van der Waals surface area contributed by atoms with Gasteiger partial charge in [-0.25, -0.2) is 0 Å². The summed E-state index contributed by atoms with van der Waals surface area (Å²) in [7, 11) is 1.60. The Morgan fingerprint density at radius 3 is 3.00 bits per heavy atom. The lowest BCUT2D eigenvalue weighted by atomic mass is 9.93. The lowest BCUT2D eigenvalue weighted by molar-refractivity contribution is 0.0826. The number of Topliss-reactive ketones (excluding diaryl/α,β-unsaturated/α-hetero) is 1. The molecule has 0 saturated heterocycles. The van der Waals surface area contributed by atoms with Crippen LogP contribution in [0, 0.1) is 5.92 Å². The van der Waals surface area contributed by atoms with Gasteiger partial charge < -0.3 is 9.47 Å². The van der Waals surface area contributed by atoms with E-state index in [0.29, 0.717) is 17.9 Å². The molecule has 3 heteroatoms. The van der Waals surface area contributed by atoms with E-state index in [1.165, 1.54) is 0 Å². The van der Waals surface area contributed by atoms with Crippen molar-refractivity contribution in [2.45, 2.75) is 13.3 Å². The molecule has 0 fully saturated rings. The Morgan fingerprint density at radius 1 is 1.53 bits per heavy atom. The van der Waals surface area contributed by atoms with Gasteiger partial charge in [-0.1, -0.05) is 6.92 Å². The zero-order valence-electron chi connectivity index (χ0n) is 8.95. The third kappa shape index (κ3) is 1.69. The molecule has 0 saturated carbocycles. The average Bonchev–Trinajstić information content (AvgIpc) is 2.29. The summed E-state index contributed by atoms with van der Waals surface area (Å²) in [6.45, 7) is 2.48. The van der Waals surface area contributed by atoms with Crippen molar-refractivity contribution >= 4 is 5.78 Å². The van der Waals surface area contributed by atoms with Crippen LogP contribution in [0.4, 0.5) is 0 Å². The van der Waals surface area contributed by atoms with Gasteiger partial charge in [-0.05, 0) is 18.6 Å². The first-order chi connectivity index (χ1) is 7.26. The van der Waals surface area contributed by atoms with E-state index in [2.05, 4.69) is 0 Å². The number of hydrogen-bond donors (Lipinski definition) is 0. The number of carbonyl (C=O) groups excluding carboxylic acids is 1. The third-order valence-electron chi connectivity index (χ3n) is 2.76. The van der Waals surface area contributed by atoms with Gasteiger partial charge in [0, 0.05) is 6.07 Å². The van der Waals surface area contributed by atoms with Crippen molar-refractivity contribution < 1.29 is 14.3 Å². The van der Waals surface area contributed by atoms with Gasteiger partial charge in [0.15, 0.2) is 5.78 Å². The maximum Gasteiger partial charge on any atom is 0.173 e. The predicted octanol–water partition coefficient (Wildman–Crippen LogP) is 2.30. The van der Waals surface area contributed by atoms with Crippen LogP contribution in [0.2, 0.25) is 0 Å². The number of benzene rings is 1. The van der Waals surface area contributed by atoms with Gasteiger partial charge in [0.2, 0.25) is 0 Å². The third-order valence-corrected chi connectivity index (χ3v) is 2.76. The molecule has 15 heavy (non-hydrogen) atoms. The summed E-state index contributed by atoms with van der Waals surface area (Å²) in [5.41, 5.74) is 0.675. The van der Waals surface area contributed by atoms with Crippen LogP contribution >= 0.6 is 0 Å². The van der Waals surface area contributed by atoms with Crippen LogP contribution in [0.25, 0.3) is 0 Å². The molecule has 1 aliphatic rings. The van der Waals surface area contributed by atoms with Crippen molar-refractivity contribution in [1.82, 2.24) is 0 Å². The first-order valence-electron chi connectivity index (χ1n) is 5.11.